The molecule has 0 aliphatic rings. The summed E-state index contributed by atoms with van der Waals surface area (Å²) in [5.41, 5.74) is 9.15. The van der Waals surface area contributed by atoms with E-state index in [1.54, 1.807) is 6.07 Å². The number of aryl methyl sites for hydroxylation is 2. The summed E-state index contributed by atoms with van der Waals surface area (Å²) in [6.45, 7) is 4.78. The molecule has 0 fully saturated rings. The van der Waals surface area contributed by atoms with Crippen LogP contribution in [0.15, 0.2) is 30.6 Å². The highest BCUT2D eigenvalue weighted by molar-refractivity contribution is 5.30. The van der Waals surface area contributed by atoms with E-state index < -0.39 is 0 Å². The Balaban J connectivity index is 2.13. The van der Waals surface area contributed by atoms with Gasteiger partial charge >= 0.3 is 0 Å². The maximum Gasteiger partial charge on any atom is 0.123 e. The van der Waals surface area contributed by atoms with Gasteiger partial charge in [-0.15, -0.1) is 0 Å². The van der Waals surface area contributed by atoms with E-state index in [-0.39, 0.29) is 11.9 Å². The highest BCUT2D eigenvalue weighted by Crippen LogP contribution is 2.20. The number of hydrogen-bond donors (Lipinski definition) is 1. The molecule has 1 unspecified atom stereocenters. The molecule has 0 bridgehead atoms. The van der Waals surface area contributed by atoms with Crippen LogP contribution in [0.4, 0.5) is 4.39 Å². The van der Waals surface area contributed by atoms with Crippen molar-refractivity contribution in [2.24, 2.45) is 5.73 Å². The van der Waals surface area contributed by atoms with Gasteiger partial charge in [-0.1, -0.05) is 6.07 Å². The maximum atomic E-state index is 13.0. The SMILES string of the molecule is CCn1cc(CC(N)c2ccc(F)cc2C)cn1. The molecule has 2 aromatic rings. The largest absolute Gasteiger partial charge is 0.324 e. The highest BCUT2D eigenvalue weighted by atomic mass is 19.1. The molecule has 0 aliphatic carbocycles. The summed E-state index contributed by atoms with van der Waals surface area (Å²) in [6.07, 6.45) is 4.55. The van der Waals surface area contributed by atoms with Crippen LogP contribution in [0, 0.1) is 12.7 Å². The van der Waals surface area contributed by atoms with Gasteiger partial charge in [-0.05, 0) is 49.1 Å². The molecule has 96 valence electrons. The minimum atomic E-state index is -0.220. The second kappa shape index (κ2) is 5.31. The van der Waals surface area contributed by atoms with E-state index in [1.165, 1.54) is 12.1 Å². The van der Waals surface area contributed by atoms with Crippen molar-refractivity contribution in [2.45, 2.75) is 32.9 Å². The molecule has 1 atom stereocenters. The predicted octanol–water partition coefficient (Wildman–Crippen LogP) is 2.59. The monoisotopic (exact) mass is 247 g/mol. The van der Waals surface area contributed by atoms with Crippen LogP contribution >= 0.6 is 0 Å². The molecule has 0 aliphatic heterocycles. The lowest BCUT2D eigenvalue weighted by atomic mass is 9.97. The fourth-order valence-electron chi connectivity index (χ4n) is 2.10. The van der Waals surface area contributed by atoms with Gasteiger partial charge in [0.25, 0.3) is 0 Å². The van der Waals surface area contributed by atoms with Crippen LogP contribution in [0.25, 0.3) is 0 Å². The third-order valence-electron chi connectivity index (χ3n) is 3.10. The second-order valence-electron chi connectivity index (χ2n) is 4.52. The Morgan fingerprint density at radius 3 is 2.83 bits per heavy atom. The van der Waals surface area contributed by atoms with Crippen molar-refractivity contribution in [1.82, 2.24) is 9.78 Å². The van der Waals surface area contributed by atoms with E-state index in [1.807, 2.05) is 30.9 Å². The average molecular weight is 247 g/mol. The molecule has 18 heavy (non-hydrogen) atoms. The molecule has 1 aromatic heterocycles. The van der Waals surface area contributed by atoms with Crippen LogP contribution in [-0.4, -0.2) is 9.78 Å². The Morgan fingerprint density at radius 1 is 1.44 bits per heavy atom. The first-order valence-corrected chi connectivity index (χ1v) is 6.13. The van der Waals surface area contributed by atoms with Crippen molar-refractivity contribution < 1.29 is 4.39 Å². The van der Waals surface area contributed by atoms with Gasteiger partial charge in [0, 0.05) is 18.8 Å². The zero-order valence-electron chi connectivity index (χ0n) is 10.7. The van der Waals surface area contributed by atoms with Crippen LogP contribution in [0.5, 0.6) is 0 Å². The normalized spacial score (nSPS) is 12.7. The van der Waals surface area contributed by atoms with Crippen LogP contribution in [0.2, 0.25) is 0 Å². The lowest BCUT2D eigenvalue weighted by Gasteiger charge is -2.13. The minimum Gasteiger partial charge on any atom is -0.324 e. The number of benzene rings is 1. The first kappa shape index (κ1) is 12.8. The lowest BCUT2D eigenvalue weighted by molar-refractivity contribution is 0.622. The van der Waals surface area contributed by atoms with Gasteiger partial charge in [0.1, 0.15) is 5.82 Å². The van der Waals surface area contributed by atoms with Gasteiger partial charge in [0.2, 0.25) is 0 Å². The lowest BCUT2D eigenvalue weighted by Crippen LogP contribution is -2.14. The number of aromatic nitrogens is 2. The number of hydrogen-bond acceptors (Lipinski definition) is 2. The van der Waals surface area contributed by atoms with Gasteiger partial charge in [-0.2, -0.15) is 5.10 Å². The molecule has 0 saturated heterocycles. The third-order valence-corrected chi connectivity index (χ3v) is 3.10. The summed E-state index contributed by atoms with van der Waals surface area (Å²) in [7, 11) is 0. The van der Waals surface area contributed by atoms with Crippen molar-refractivity contribution in [3.05, 3.63) is 53.1 Å². The quantitative estimate of drug-likeness (QED) is 0.902. The number of rotatable bonds is 4. The molecule has 1 heterocycles. The molecule has 3 nitrogen and oxygen atoms in total. The van der Waals surface area contributed by atoms with E-state index in [0.29, 0.717) is 6.42 Å². The Hall–Kier alpha value is -1.68. The van der Waals surface area contributed by atoms with E-state index in [0.717, 1.165) is 23.2 Å². The van der Waals surface area contributed by atoms with Crippen LogP contribution in [0.1, 0.15) is 29.7 Å². The molecular weight excluding hydrogens is 229 g/mol. The average Bonchev–Trinajstić information content (AvgIpc) is 2.76. The van der Waals surface area contributed by atoms with Crippen molar-refractivity contribution in [3.8, 4) is 0 Å². The number of halogens is 1. The van der Waals surface area contributed by atoms with Crippen LogP contribution in [-0.2, 0) is 13.0 Å². The van der Waals surface area contributed by atoms with E-state index >= 15 is 0 Å². The molecule has 0 spiro atoms. The third kappa shape index (κ3) is 2.76. The number of nitrogens with zero attached hydrogens (tertiary/aromatic N) is 2. The smallest absolute Gasteiger partial charge is 0.123 e. The standard InChI is InChI=1S/C14H18FN3/c1-3-18-9-11(8-17-18)7-14(16)13-5-4-12(15)6-10(13)2/h4-6,8-9,14H,3,7,16H2,1-2H3. The zero-order chi connectivity index (χ0) is 13.1. The molecule has 2 N–H and O–H groups in total. The summed E-state index contributed by atoms with van der Waals surface area (Å²) in [6, 6.07) is 4.61. The summed E-state index contributed by atoms with van der Waals surface area (Å²) >= 11 is 0. The molecule has 2 rings (SSSR count). The van der Waals surface area contributed by atoms with Crippen molar-refractivity contribution >= 4 is 0 Å². The molecule has 0 amide bonds. The van der Waals surface area contributed by atoms with E-state index in [2.05, 4.69) is 5.10 Å². The zero-order valence-corrected chi connectivity index (χ0v) is 10.7. The van der Waals surface area contributed by atoms with Crippen molar-refractivity contribution in [3.63, 3.8) is 0 Å². The molecule has 4 heteroatoms. The van der Waals surface area contributed by atoms with Gasteiger partial charge in [-0.3, -0.25) is 4.68 Å². The minimum absolute atomic E-state index is 0.125. The fourth-order valence-corrected chi connectivity index (χ4v) is 2.10. The molecule has 1 aromatic carbocycles. The topological polar surface area (TPSA) is 43.8 Å². The van der Waals surface area contributed by atoms with Crippen LogP contribution < -0.4 is 5.73 Å². The Morgan fingerprint density at radius 2 is 2.22 bits per heavy atom. The summed E-state index contributed by atoms with van der Waals surface area (Å²) in [5, 5.41) is 4.22. The Bertz CT molecular complexity index is 534. The van der Waals surface area contributed by atoms with Gasteiger partial charge in [-0.25, -0.2) is 4.39 Å². The number of nitrogens with two attached hydrogens (primary N) is 1. The van der Waals surface area contributed by atoms with Crippen molar-refractivity contribution in [1.29, 1.82) is 0 Å². The first-order valence-electron chi connectivity index (χ1n) is 6.13. The van der Waals surface area contributed by atoms with Gasteiger partial charge in [0.05, 0.1) is 6.20 Å². The fraction of sp³-hybridized carbons (Fsp3) is 0.357. The van der Waals surface area contributed by atoms with Crippen molar-refractivity contribution in [2.75, 3.05) is 0 Å². The molecule has 0 saturated carbocycles. The van der Waals surface area contributed by atoms with E-state index in [4.69, 9.17) is 5.73 Å². The molecule has 0 radical (unpaired) electrons. The summed E-state index contributed by atoms with van der Waals surface area (Å²) < 4.78 is 14.9. The molecular formula is C14H18FN3. The highest BCUT2D eigenvalue weighted by Gasteiger charge is 2.11. The predicted molar refractivity (Wildman–Crippen MR) is 69.7 cm³/mol. The maximum absolute atomic E-state index is 13.0. The second-order valence-corrected chi connectivity index (χ2v) is 4.52. The first-order chi connectivity index (χ1) is 8.60. The summed E-state index contributed by atoms with van der Waals surface area (Å²) in [5.74, 6) is -0.220. The summed E-state index contributed by atoms with van der Waals surface area (Å²) in [4.78, 5) is 0. The van der Waals surface area contributed by atoms with Crippen LogP contribution in [0.3, 0.4) is 0 Å². The van der Waals surface area contributed by atoms with Gasteiger partial charge in [0.15, 0.2) is 0 Å². The van der Waals surface area contributed by atoms with E-state index in [9.17, 15) is 4.39 Å². The Labute approximate surface area is 106 Å². The van der Waals surface area contributed by atoms with Gasteiger partial charge < -0.3 is 5.73 Å². The Kier molecular flexibility index (Phi) is 3.77.